The van der Waals surface area contributed by atoms with Gasteiger partial charge in [-0.3, -0.25) is 4.98 Å². The van der Waals surface area contributed by atoms with Crippen LogP contribution in [-0.2, 0) is 6.54 Å². The van der Waals surface area contributed by atoms with E-state index in [0.29, 0.717) is 0 Å². The summed E-state index contributed by atoms with van der Waals surface area (Å²) >= 11 is 3.53. The first-order valence-electron chi connectivity index (χ1n) is 5.16. The van der Waals surface area contributed by atoms with Crippen molar-refractivity contribution in [3.05, 3.63) is 58.3 Å². The van der Waals surface area contributed by atoms with Crippen molar-refractivity contribution in [3.8, 4) is 0 Å². The van der Waals surface area contributed by atoms with Gasteiger partial charge in [-0.15, -0.1) is 0 Å². The Balaban J connectivity index is 2.09. The lowest BCUT2D eigenvalue weighted by atomic mass is 10.2. The monoisotopic (exact) mass is 276 g/mol. The molecule has 1 aromatic carbocycles. The zero-order valence-corrected chi connectivity index (χ0v) is 10.7. The number of halogens is 1. The standard InChI is InChI=1S/C13H13BrN2/c1-10-13(7-4-8-15-10)16-9-11-5-2-3-6-12(11)14/h2-8,16H,9H2,1H3. The SMILES string of the molecule is Cc1ncccc1NCc1ccccc1Br. The maximum Gasteiger partial charge on any atom is 0.0603 e. The van der Waals surface area contributed by atoms with Crippen molar-refractivity contribution < 1.29 is 0 Å². The third-order valence-corrected chi connectivity index (χ3v) is 3.21. The van der Waals surface area contributed by atoms with Crippen LogP contribution >= 0.6 is 15.9 Å². The van der Waals surface area contributed by atoms with Gasteiger partial charge in [-0.2, -0.15) is 0 Å². The summed E-state index contributed by atoms with van der Waals surface area (Å²) in [6, 6.07) is 12.2. The second-order valence-corrected chi connectivity index (χ2v) is 4.44. The van der Waals surface area contributed by atoms with Gasteiger partial charge >= 0.3 is 0 Å². The number of nitrogens with zero attached hydrogens (tertiary/aromatic N) is 1. The van der Waals surface area contributed by atoms with Crippen LogP contribution in [0.15, 0.2) is 47.1 Å². The Morgan fingerprint density at radius 1 is 1.19 bits per heavy atom. The number of anilines is 1. The van der Waals surface area contributed by atoms with E-state index in [1.165, 1.54) is 5.56 Å². The van der Waals surface area contributed by atoms with Crippen LogP contribution in [0.1, 0.15) is 11.3 Å². The molecule has 0 aliphatic heterocycles. The fraction of sp³-hybridized carbons (Fsp3) is 0.154. The van der Waals surface area contributed by atoms with Crippen molar-refractivity contribution in [2.75, 3.05) is 5.32 Å². The van der Waals surface area contributed by atoms with Gasteiger partial charge in [0.05, 0.1) is 11.4 Å². The number of aryl methyl sites for hydroxylation is 1. The second-order valence-electron chi connectivity index (χ2n) is 3.58. The van der Waals surface area contributed by atoms with Gasteiger partial charge < -0.3 is 5.32 Å². The molecule has 0 saturated carbocycles. The van der Waals surface area contributed by atoms with Gasteiger partial charge in [0, 0.05) is 17.2 Å². The molecule has 0 atom stereocenters. The lowest BCUT2D eigenvalue weighted by molar-refractivity contribution is 1.10. The third kappa shape index (κ3) is 2.61. The first-order chi connectivity index (χ1) is 7.77. The molecular formula is C13H13BrN2. The molecule has 3 heteroatoms. The Morgan fingerprint density at radius 3 is 2.75 bits per heavy atom. The van der Waals surface area contributed by atoms with E-state index in [9.17, 15) is 0 Å². The lowest BCUT2D eigenvalue weighted by Crippen LogP contribution is -2.02. The van der Waals surface area contributed by atoms with Crippen molar-refractivity contribution in [2.24, 2.45) is 0 Å². The number of benzene rings is 1. The predicted molar refractivity (Wildman–Crippen MR) is 70.4 cm³/mol. The molecule has 1 heterocycles. The molecule has 2 rings (SSSR count). The highest BCUT2D eigenvalue weighted by molar-refractivity contribution is 9.10. The summed E-state index contributed by atoms with van der Waals surface area (Å²) in [6.07, 6.45) is 1.80. The van der Waals surface area contributed by atoms with E-state index in [2.05, 4.69) is 32.3 Å². The molecule has 2 aromatic rings. The van der Waals surface area contributed by atoms with E-state index in [1.54, 1.807) is 6.20 Å². The Bertz CT molecular complexity index is 437. The molecule has 0 radical (unpaired) electrons. The molecular weight excluding hydrogens is 264 g/mol. The summed E-state index contributed by atoms with van der Waals surface area (Å²) in [5.41, 5.74) is 3.35. The maximum atomic E-state index is 4.24. The van der Waals surface area contributed by atoms with E-state index in [-0.39, 0.29) is 0 Å². The smallest absolute Gasteiger partial charge is 0.0603 e. The summed E-state index contributed by atoms with van der Waals surface area (Å²) in [5, 5.41) is 3.38. The molecule has 0 spiro atoms. The van der Waals surface area contributed by atoms with Gasteiger partial charge in [-0.1, -0.05) is 34.1 Å². The van der Waals surface area contributed by atoms with Crippen molar-refractivity contribution >= 4 is 21.6 Å². The summed E-state index contributed by atoms with van der Waals surface area (Å²) in [5.74, 6) is 0. The van der Waals surface area contributed by atoms with Gasteiger partial charge in [-0.25, -0.2) is 0 Å². The minimum Gasteiger partial charge on any atom is -0.379 e. The molecule has 1 aromatic heterocycles. The zero-order valence-electron chi connectivity index (χ0n) is 9.07. The van der Waals surface area contributed by atoms with Crippen LogP contribution in [0.25, 0.3) is 0 Å². The molecule has 1 N–H and O–H groups in total. The second kappa shape index (κ2) is 5.12. The predicted octanol–water partition coefficient (Wildman–Crippen LogP) is 3.76. The largest absolute Gasteiger partial charge is 0.379 e. The van der Waals surface area contributed by atoms with Crippen LogP contribution in [-0.4, -0.2) is 4.98 Å². The number of hydrogen-bond donors (Lipinski definition) is 1. The van der Waals surface area contributed by atoms with E-state index in [4.69, 9.17) is 0 Å². The Hall–Kier alpha value is -1.35. The van der Waals surface area contributed by atoms with Gasteiger partial charge in [0.2, 0.25) is 0 Å². The van der Waals surface area contributed by atoms with Crippen molar-refractivity contribution in [3.63, 3.8) is 0 Å². The summed E-state index contributed by atoms with van der Waals surface area (Å²) in [6.45, 7) is 2.80. The normalized spacial score (nSPS) is 10.1. The average Bonchev–Trinajstić information content (AvgIpc) is 2.30. The van der Waals surface area contributed by atoms with Crippen LogP contribution in [0.4, 0.5) is 5.69 Å². The van der Waals surface area contributed by atoms with Crippen LogP contribution in [0.3, 0.4) is 0 Å². The highest BCUT2D eigenvalue weighted by Crippen LogP contribution is 2.18. The highest BCUT2D eigenvalue weighted by Gasteiger charge is 2.00. The van der Waals surface area contributed by atoms with Crippen molar-refractivity contribution in [1.29, 1.82) is 0 Å². The minimum absolute atomic E-state index is 0.800. The Kier molecular flexibility index (Phi) is 3.57. The molecule has 0 aliphatic rings. The number of rotatable bonds is 3. The quantitative estimate of drug-likeness (QED) is 0.923. The fourth-order valence-corrected chi connectivity index (χ4v) is 1.93. The molecule has 0 amide bonds. The molecule has 0 aliphatic carbocycles. The summed E-state index contributed by atoms with van der Waals surface area (Å²) in [4.78, 5) is 4.24. The topological polar surface area (TPSA) is 24.9 Å². The fourth-order valence-electron chi connectivity index (χ4n) is 1.50. The number of pyridine rings is 1. The van der Waals surface area contributed by atoms with Crippen LogP contribution in [0, 0.1) is 6.92 Å². The Morgan fingerprint density at radius 2 is 2.00 bits per heavy atom. The molecule has 0 saturated heterocycles. The van der Waals surface area contributed by atoms with E-state index < -0.39 is 0 Å². The van der Waals surface area contributed by atoms with Crippen LogP contribution < -0.4 is 5.32 Å². The maximum absolute atomic E-state index is 4.24. The first kappa shape index (κ1) is 11.1. The van der Waals surface area contributed by atoms with Gasteiger partial charge in [0.25, 0.3) is 0 Å². The van der Waals surface area contributed by atoms with Gasteiger partial charge in [0.15, 0.2) is 0 Å². The molecule has 2 nitrogen and oxygen atoms in total. The lowest BCUT2D eigenvalue weighted by Gasteiger charge is -2.09. The number of aromatic nitrogens is 1. The first-order valence-corrected chi connectivity index (χ1v) is 5.95. The number of hydrogen-bond acceptors (Lipinski definition) is 2. The van der Waals surface area contributed by atoms with Crippen LogP contribution in [0.2, 0.25) is 0 Å². The average molecular weight is 277 g/mol. The van der Waals surface area contributed by atoms with Crippen molar-refractivity contribution in [1.82, 2.24) is 4.98 Å². The summed E-state index contributed by atoms with van der Waals surface area (Å²) in [7, 11) is 0. The minimum atomic E-state index is 0.800. The highest BCUT2D eigenvalue weighted by atomic mass is 79.9. The van der Waals surface area contributed by atoms with Gasteiger partial charge in [0.1, 0.15) is 0 Å². The molecule has 0 bridgehead atoms. The van der Waals surface area contributed by atoms with E-state index >= 15 is 0 Å². The Labute approximate surface area is 104 Å². The van der Waals surface area contributed by atoms with Crippen molar-refractivity contribution in [2.45, 2.75) is 13.5 Å². The van der Waals surface area contributed by atoms with Gasteiger partial charge in [-0.05, 0) is 30.7 Å². The molecule has 0 unspecified atom stereocenters. The number of nitrogens with one attached hydrogen (secondary N) is 1. The molecule has 82 valence electrons. The van der Waals surface area contributed by atoms with Crippen LogP contribution in [0.5, 0.6) is 0 Å². The van der Waals surface area contributed by atoms with E-state index in [1.807, 2.05) is 37.3 Å². The summed E-state index contributed by atoms with van der Waals surface area (Å²) < 4.78 is 1.13. The molecule has 16 heavy (non-hydrogen) atoms. The van der Waals surface area contributed by atoms with E-state index in [0.717, 1.165) is 22.4 Å². The molecule has 0 fully saturated rings. The zero-order chi connectivity index (χ0) is 11.4. The third-order valence-electron chi connectivity index (χ3n) is 2.43.